The van der Waals surface area contributed by atoms with E-state index in [1.165, 1.54) is 48.1 Å². The van der Waals surface area contributed by atoms with Crippen LogP contribution < -0.4 is 10.2 Å². The van der Waals surface area contributed by atoms with Gasteiger partial charge in [-0.25, -0.2) is 4.98 Å². The number of nitrogens with one attached hydrogen (secondary N) is 1. The Kier molecular flexibility index (Phi) is 3.10. The van der Waals surface area contributed by atoms with Crippen molar-refractivity contribution in [1.29, 1.82) is 0 Å². The van der Waals surface area contributed by atoms with Crippen LogP contribution in [-0.2, 0) is 6.42 Å². The van der Waals surface area contributed by atoms with Crippen LogP contribution in [0.1, 0.15) is 49.7 Å². The van der Waals surface area contributed by atoms with Gasteiger partial charge in [-0.05, 0) is 38.1 Å². The van der Waals surface area contributed by atoms with Gasteiger partial charge >= 0.3 is 0 Å². The van der Waals surface area contributed by atoms with E-state index >= 15 is 0 Å². The van der Waals surface area contributed by atoms with E-state index in [1.807, 2.05) is 11.3 Å². The largest absolute Gasteiger partial charge is 0.348 e. The SMILES string of the molecule is CNC1CC(C)(C)Cc2nc(N3CCCC3)sc21. The molecule has 0 spiro atoms. The average molecular weight is 265 g/mol. The van der Waals surface area contributed by atoms with Crippen molar-refractivity contribution in [3.63, 3.8) is 0 Å². The van der Waals surface area contributed by atoms with E-state index < -0.39 is 0 Å². The molecule has 1 unspecified atom stereocenters. The highest BCUT2D eigenvalue weighted by Crippen LogP contribution is 2.44. The van der Waals surface area contributed by atoms with E-state index in [0.717, 1.165) is 6.42 Å². The molecule has 1 fully saturated rings. The van der Waals surface area contributed by atoms with E-state index in [-0.39, 0.29) is 0 Å². The molecule has 1 aliphatic heterocycles. The van der Waals surface area contributed by atoms with Crippen LogP contribution >= 0.6 is 11.3 Å². The summed E-state index contributed by atoms with van der Waals surface area (Å²) in [5, 5.41) is 4.73. The normalized spacial score (nSPS) is 26.4. The summed E-state index contributed by atoms with van der Waals surface area (Å²) in [5.41, 5.74) is 1.72. The summed E-state index contributed by atoms with van der Waals surface area (Å²) in [6.45, 7) is 7.10. The summed E-state index contributed by atoms with van der Waals surface area (Å²) < 4.78 is 0. The summed E-state index contributed by atoms with van der Waals surface area (Å²) in [4.78, 5) is 8.88. The molecule has 1 N–H and O–H groups in total. The third kappa shape index (κ3) is 2.16. The van der Waals surface area contributed by atoms with Gasteiger partial charge in [0.25, 0.3) is 0 Å². The first-order valence-corrected chi connectivity index (χ1v) is 7.82. The van der Waals surface area contributed by atoms with Gasteiger partial charge in [0.1, 0.15) is 0 Å². The highest BCUT2D eigenvalue weighted by atomic mass is 32.1. The first kappa shape index (κ1) is 12.4. The molecular weight excluding hydrogens is 242 g/mol. The van der Waals surface area contributed by atoms with Gasteiger partial charge in [-0.15, -0.1) is 0 Å². The van der Waals surface area contributed by atoms with E-state index in [2.05, 4.69) is 31.1 Å². The summed E-state index contributed by atoms with van der Waals surface area (Å²) >= 11 is 1.92. The molecular formula is C14H23N3S. The van der Waals surface area contributed by atoms with Gasteiger partial charge < -0.3 is 10.2 Å². The molecule has 3 rings (SSSR count). The standard InChI is InChI=1S/C14H23N3S/c1-14(2)8-10(15-3)12-11(9-14)16-13(18-12)17-6-4-5-7-17/h10,15H,4-9H2,1-3H3. The number of aromatic nitrogens is 1. The van der Waals surface area contributed by atoms with Crippen LogP contribution in [0.5, 0.6) is 0 Å². The Morgan fingerprint density at radius 1 is 1.33 bits per heavy atom. The first-order valence-electron chi connectivity index (χ1n) is 7.01. The van der Waals surface area contributed by atoms with Crippen molar-refractivity contribution in [3.05, 3.63) is 10.6 Å². The van der Waals surface area contributed by atoms with Gasteiger partial charge in [-0.2, -0.15) is 0 Å². The lowest BCUT2D eigenvalue weighted by atomic mass is 9.76. The first-order chi connectivity index (χ1) is 8.59. The quantitative estimate of drug-likeness (QED) is 0.891. The Balaban J connectivity index is 1.92. The molecule has 100 valence electrons. The van der Waals surface area contributed by atoms with Gasteiger partial charge in [-0.3, -0.25) is 0 Å². The van der Waals surface area contributed by atoms with Gasteiger partial charge in [0.05, 0.1) is 5.69 Å². The maximum Gasteiger partial charge on any atom is 0.185 e. The maximum atomic E-state index is 4.93. The van der Waals surface area contributed by atoms with Crippen molar-refractivity contribution < 1.29 is 0 Å². The fourth-order valence-electron chi connectivity index (χ4n) is 3.20. The minimum atomic E-state index is 0.372. The zero-order valence-corrected chi connectivity index (χ0v) is 12.4. The Labute approximate surface area is 114 Å². The lowest BCUT2D eigenvalue weighted by Gasteiger charge is -2.34. The molecule has 0 bridgehead atoms. The van der Waals surface area contributed by atoms with Crippen molar-refractivity contribution in [3.8, 4) is 0 Å². The van der Waals surface area contributed by atoms with Crippen molar-refractivity contribution in [1.82, 2.24) is 10.3 Å². The molecule has 4 heteroatoms. The Bertz CT molecular complexity index is 432. The van der Waals surface area contributed by atoms with Crippen molar-refractivity contribution in [2.45, 2.75) is 45.6 Å². The number of fused-ring (bicyclic) bond motifs is 1. The Morgan fingerprint density at radius 2 is 2.06 bits per heavy atom. The highest BCUT2D eigenvalue weighted by Gasteiger charge is 2.35. The Hall–Kier alpha value is -0.610. The topological polar surface area (TPSA) is 28.2 Å². The minimum Gasteiger partial charge on any atom is -0.348 e. The molecule has 1 saturated heterocycles. The second-order valence-electron chi connectivity index (χ2n) is 6.39. The summed E-state index contributed by atoms with van der Waals surface area (Å²) in [6.07, 6.45) is 5.00. The van der Waals surface area contributed by atoms with Gasteiger partial charge in [0.15, 0.2) is 5.13 Å². The second kappa shape index (κ2) is 4.49. The maximum absolute atomic E-state index is 4.93. The number of rotatable bonds is 2. The minimum absolute atomic E-state index is 0.372. The lowest BCUT2D eigenvalue weighted by Crippen LogP contribution is -2.30. The van der Waals surface area contributed by atoms with Crippen LogP contribution in [0, 0.1) is 5.41 Å². The van der Waals surface area contributed by atoms with Crippen LogP contribution in [0.3, 0.4) is 0 Å². The van der Waals surface area contributed by atoms with Crippen LogP contribution in [0.4, 0.5) is 5.13 Å². The third-order valence-electron chi connectivity index (χ3n) is 4.16. The molecule has 0 amide bonds. The van der Waals surface area contributed by atoms with Gasteiger partial charge in [0.2, 0.25) is 0 Å². The fraction of sp³-hybridized carbons (Fsp3) is 0.786. The molecule has 0 saturated carbocycles. The van der Waals surface area contributed by atoms with Crippen LogP contribution in [0.15, 0.2) is 0 Å². The zero-order chi connectivity index (χ0) is 12.8. The predicted octanol–water partition coefficient (Wildman–Crippen LogP) is 2.98. The number of nitrogens with zero attached hydrogens (tertiary/aromatic N) is 2. The van der Waals surface area contributed by atoms with Gasteiger partial charge in [-0.1, -0.05) is 25.2 Å². The van der Waals surface area contributed by atoms with Crippen LogP contribution in [-0.4, -0.2) is 25.1 Å². The molecule has 3 nitrogen and oxygen atoms in total. The number of hydrogen-bond donors (Lipinski definition) is 1. The molecule has 2 aliphatic rings. The zero-order valence-electron chi connectivity index (χ0n) is 11.6. The smallest absolute Gasteiger partial charge is 0.185 e. The van der Waals surface area contributed by atoms with Gasteiger partial charge in [0, 0.05) is 24.0 Å². The van der Waals surface area contributed by atoms with E-state index in [1.54, 1.807) is 0 Å². The molecule has 1 aromatic heterocycles. The number of thiazole rings is 1. The number of hydrogen-bond acceptors (Lipinski definition) is 4. The highest BCUT2D eigenvalue weighted by molar-refractivity contribution is 7.15. The lowest BCUT2D eigenvalue weighted by molar-refractivity contribution is 0.265. The van der Waals surface area contributed by atoms with E-state index in [9.17, 15) is 0 Å². The third-order valence-corrected chi connectivity index (χ3v) is 5.43. The molecule has 18 heavy (non-hydrogen) atoms. The predicted molar refractivity (Wildman–Crippen MR) is 77.5 cm³/mol. The van der Waals surface area contributed by atoms with E-state index in [0.29, 0.717) is 11.5 Å². The number of anilines is 1. The molecule has 1 aromatic rings. The van der Waals surface area contributed by atoms with Crippen molar-refractivity contribution in [2.75, 3.05) is 25.0 Å². The summed E-state index contributed by atoms with van der Waals surface area (Å²) in [6, 6.07) is 0.498. The van der Waals surface area contributed by atoms with Crippen LogP contribution in [0.2, 0.25) is 0 Å². The average Bonchev–Trinajstić information content (AvgIpc) is 2.93. The summed E-state index contributed by atoms with van der Waals surface area (Å²) in [7, 11) is 2.07. The molecule has 0 aromatic carbocycles. The monoisotopic (exact) mass is 265 g/mol. The summed E-state index contributed by atoms with van der Waals surface area (Å²) in [5.74, 6) is 0. The fourth-order valence-corrected chi connectivity index (χ4v) is 4.44. The van der Waals surface area contributed by atoms with Crippen molar-refractivity contribution in [2.24, 2.45) is 5.41 Å². The molecule has 1 atom stereocenters. The Morgan fingerprint density at radius 3 is 2.72 bits per heavy atom. The van der Waals surface area contributed by atoms with E-state index in [4.69, 9.17) is 4.98 Å². The molecule has 2 heterocycles. The van der Waals surface area contributed by atoms with Crippen LogP contribution in [0.25, 0.3) is 0 Å². The molecule has 0 radical (unpaired) electrons. The van der Waals surface area contributed by atoms with Crippen molar-refractivity contribution >= 4 is 16.5 Å². The molecule has 1 aliphatic carbocycles. The second-order valence-corrected chi connectivity index (χ2v) is 7.40.